The molecule has 18 heavy (non-hydrogen) atoms. The van der Waals surface area contributed by atoms with Gasteiger partial charge in [0, 0.05) is 5.92 Å². The Hall–Kier alpha value is -0.650. The summed E-state index contributed by atoms with van der Waals surface area (Å²) >= 11 is 0. The lowest BCUT2D eigenvalue weighted by Gasteiger charge is -2.28. The molecule has 5 nitrogen and oxygen atoms in total. The third-order valence-corrected chi connectivity index (χ3v) is 4.61. The van der Waals surface area contributed by atoms with E-state index in [0.717, 1.165) is 6.42 Å². The molecule has 3 aliphatic heterocycles. The summed E-state index contributed by atoms with van der Waals surface area (Å²) in [6.07, 6.45) is -0.196. The van der Waals surface area contributed by atoms with Crippen LogP contribution < -0.4 is 0 Å². The molecule has 3 aliphatic rings. The van der Waals surface area contributed by atoms with Crippen LogP contribution in [0.25, 0.3) is 0 Å². The van der Waals surface area contributed by atoms with Crippen molar-refractivity contribution >= 4 is 5.97 Å². The van der Waals surface area contributed by atoms with E-state index in [0.29, 0.717) is 6.42 Å². The standard InChI is InChI=1S/C13H20O5/c1-4-13(2,3)12(15)18-9-7-5-6-8(16-7)10(9)17-11(6)14/h6-11,14H,4-5H2,1-3H3. The highest BCUT2D eigenvalue weighted by atomic mass is 16.7. The molecule has 3 rings (SSSR count). The second kappa shape index (κ2) is 3.92. The number of hydrogen-bond donors (Lipinski definition) is 1. The number of fused-ring (bicyclic) bond motifs is 1. The Kier molecular flexibility index (Phi) is 2.70. The third kappa shape index (κ3) is 1.61. The highest BCUT2D eigenvalue weighted by Crippen LogP contribution is 2.49. The van der Waals surface area contributed by atoms with Gasteiger partial charge in [0.15, 0.2) is 12.4 Å². The molecule has 0 amide bonds. The van der Waals surface area contributed by atoms with E-state index in [-0.39, 0.29) is 36.3 Å². The van der Waals surface area contributed by atoms with Gasteiger partial charge in [0.25, 0.3) is 0 Å². The lowest BCUT2D eigenvalue weighted by molar-refractivity contribution is -0.172. The molecule has 3 fully saturated rings. The average molecular weight is 256 g/mol. The molecule has 3 saturated heterocycles. The van der Waals surface area contributed by atoms with E-state index in [4.69, 9.17) is 14.2 Å². The first-order valence-electron chi connectivity index (χ1n) is 6.64. The lowest BCUT2D eigenvalue weighted by atomic mass is 9.87. The Morgan fingerprint density at radius 1 is 1.39 bits per heavy atom. The summed E-state index contributed by atoms with van der Waals surface area (Å²) in [7, 11) is 0. The van der Waals surface area contributed by atoms with E-state index in [1.165, 1.54) is 0 Å². The van der Waals surface area contributed by atoms with Gasteiger partial charge in [0.05, 0.1) is 17.6 Å². The van der Waals surface area contributed by atoms with Crippen LogP contribution in [0.4, 0.5) is 0 Å². The summed E-state index contributed by atoms with van der Waals surface area (Å²) in [6.45, 7) is 5.71. The van der Waals surface area contributed by atoms with Crippen LogP contribution in [-0.2, 0) is 19.0 Å². The monoisotopic (exact) mass is 256 g/mol. The molecule has 0 radical (unpaired) electrons. The summed E-state index contributed by atoms with van der Waals surface area (Å²) in [6, 6.07) is 0. The maximum absolute atomic E-state index is 12.1. The zero-order chi connectivity index (χ0) is 13.1. The number of aliphatic hydroxyl groups excluding tert-OH is 1. The van der Waals surface area contributed by atoms with Crippen LogP contribution in [0.2, 0.25) is 0 Å². The molecule has 0 aliphatic carbocycles. The quantitative estimate of drug-likeness (QED) is 0.758. The predicted molar refractivity (Wildman–Crippen MR) is 61.6 cm³/mol. The summed E-state index contributed by atoms with van der Waals surface area (Å²) in [5.74, 6) is -0.165. The van der Waals surface area contributed by atoms with Crippen molar-refractivity contribution in [2.24, 2.45) is 11.3 Å². The van der Waals surface area contributed by atoms with Gasteiger partial charge in [-0.2, -0.15) is 0 Å². The number of carbonyl (C=O) groups is 1. The Morgan fingerprint density at radius 3 is 2.78 bits per heavy atom. The number of ether oxygens (including phenoxy) is 3. The minimum Gasteiger partial charge on any atom is -0.456 e. The van der Waals surface area contributed by atoms with Crippen molar-refractivity contribution in [1.82, 2.24) is 0 Å². The van der Waals surface area contributed by atoms with Crippen molar-refractivity contribution in [3.63, 3.8) is 0 Å². The van der Waals surface area contributed by atoms with Crippen LogP contribution in [0.5, 0.6) is 0 Å². The van der Waals surface area contributed by atoms with Crippen LogP contribution in [0.15, 0.2) is 0 Å². The molecule has 6 atom stereocenters. The van der Waals surface area contributed by atoms with E-state index in [1.54, 1.807) is 0 Å². The second-order valence-electron chi connectivity index (χ2n) is 6.14. The lowest BCUT2D eigenvalue weighted by Crippen LogP contribution is -2.42. The summed E-state index contributed by atoms with van der Waals surface area (Å²) in [4.78, 5) is 12.1. The molecule has 102 valence electrons. The van der Waals surface area contributed by atoms with E-state index >= 15 is 0 Å². The Labute approximate surface area is 106 Å². The number of hydrogen-bond acceptors (Lipinski definition) is 5. The van der Waals surface area contributed by atoms with Crippen LogP contribution in [0.3, 0.4) is 0 Å². The van der Waals surface area contributed by atoms with Gasteiger partial charge < -0.3 is 19.3 Å². The van der Waals surface area contributed by atoms with Crippen LogP contribution >= 0.6 is 0 Å². The topological polar surface area (TPSA) is 65.0 Å². The summed E-state index contributed by atoms with van der Waals surface area (Å²) in [5.41, 5.74) is -0.488. The van der Waals surface area contributed by atoms with Gasteiger partial charge in [-0.1, -0.05) is 6.92 Å². The van der Waals surface area contributed by atoms with Crippen molar-refractivity contribution < 1.29 is 24.1 Å². The Bertz CT molecular complexity index is 366. The molecule has 6 unspecified atom stereocenters. The normalized spacial score (nSPS) is 45.6. The molecule has 0 spiro atoms. The van der Waals surface area contributed by atoms with E-state index in [2.05, 4.69) is 0 Å². The first-order valence-corrected chi connectivity index (χ1v) is 6.64. The fourth-order valence-electron chi connectivity index (χ4n) is 2.96. The summed E-state index contributed by atoms with van der Waals surface area (Å²) in [5, 5.41) is 9.71. The Morgan fingerprint density at radius 2 is 2.11 bits per heavy atom. The minimum atomic E-state index is -0.770. The van der Waals surface area contributed by atoms with Gasteiger partial charge in [0.2, 0.25) is 0 Å². The van der Waals surface area contributed by atoms with Gasteiger partial charge in [-0.25, -0.2) is 0 Å². The molecule has 0 saturated carbocycles. The predicted octanol–water partition coefficient (Wildman–Crippen LogP) is 0.839. The molecule has 1 N–H and O–H groups in total. The number of esters is 1. The van der Waals surface area contributed by atoms with Crippen molar-refractivity contribution in [2.45, 2.75) is 64.3 Å². The van der Waals surface area contributed by atoms with Crippen LogP contribution in [0, 0.1) is 11.3 Å². The third-order valence-electron chi connectivity index (χ3n) is 4.61. The highest BCUT2D eigenvalue weighted by Gasteiger charge is 2.64. The maximum atomic E-state index is 12.1. The van der Waals surface area contributed by atoms with Crippen LogP contribution in [-0.4, -0.2) is 41.8 Å². The van der Waals surface area contributed by atoms with Crippen molar-refractivity contribution in [3.05, 3.63) is 0 Å². The molecule has 3 heterocycles. The summed E-state index contributed by atoms with van der Waals surface area (Å²) < 4.78 is 16.8. The zero-order valence-electron chi connectivity index (χ0n) is 11.0. The molecular formula is C13H20O5. The number of rotatable bonds is 3. The smallest absolute Gasteiger partial charge is 0.311 e. The second-order valence-corrected chi connectivity index (χ2v) is 6.14. The van der Waals surface area contributed by atoms with E-state index < -0.39 is 11.7 Å². The van der Waals surface area contributed by atoms with Crippen molar-refractivity contribution in [2.75, 3.05) is 0 Å². The molecule has 0 aromatic carbocycles. The highest BCUT2D eigenvalue weighted by molar-refractivity contribution is 5.76. The minimum absolute atomic E-state index is 0.0501. The number of carbonyl (C=O) groups excluding carboxylic acids is 1. The molecule has 0 aromatic heterocycles. The Balaban J connectivity index is 1.71. The average Bonchev–Trinajstić information content (AvgIpc) is 2.93. The van der Waals surface area contributed by atoms with Crippen molar-refractivity contribution in [3.8, 4) is 0 Å². The van der Waals surface area contributed by atoms with Crippen molar-refractivity contribution in [1.29, 1.82) is 0 Å². The molecule has 0 aromatic rings. The van der Waals surface area contributed by atoms with E-state index in [9.17, 15) is 9.90 Å². The first-order chi connectivity index (χ1) is 8.44. The maximum Gasteiger partial charge on any atom is 0.311 e. The van der Waals surface area contributed by atoms with Gasteiger partial charge >= 0.3 is 5.97 Å². The number of aliphatic hydroxyl groups is 1. The zero-order valence-corrected chi connectivity index (χ0v) is 11.0. The SMILES string of the molecule is CCC(C)(C)C(=O)OC1C2CC3C(O)OC1C3O2. The van der Waals surface area contributed by atoms with Gasteiger partial charge in [-0.3, -0.25) is 4.79 Å². The fourth-order valence-corrected chi connectivity index (χ4v) is 2.96. The van der Waals surface area contributed by atoms with Gasteiger partial charge in [-0.05, 0) is 26.7 Å². The fraction of sp³-hybridized carbons (Fsp3) is 0.923. The first kappa shape index (κ1) is 12.4. The molecule has 5 heteroatoms. The van der Waals surface area contributed by atoms with Gasteiger partial charge in [0.1, 0.15) is 6.10 Å². The van der Waals surface area contributed by atoms with Crippen LogP contribution in [0.1, 0.15) is 33.6 Å². The molecular weight excluding hydrogens is 236 g/mol. The van der Waals surface area contributed by atoms with E-state index in [1.807, 2.05) is 20.8 Å². The molecule has 2 bridgehead atoms. The largest absolute Gasteiger partial charge is 0.456 e. The van der Waals surface area contributed by atoms with Gasteiger partial charge in [-0.15, -0.1) is 0 Å².